The van der Waals surface area contributed by atoms with E-state index in [2.05, 4.69) is 51.3 Å². The molecule has 104 valence electrons. The molecule has 3 heteroatoms. The van der Waals surface area contributed by atoms with Crippen LogP contribution < -0.4 is 0 Å². The molecule has 0 saturated carbocycles. The summed E-state index contributed by atoms with van der Waals surface area (Å²) in [5.74, 6) is 0. The fourth-order valence-electron chi connectivity index (χ4n) is 2.68. The highest BCUT2D eigenvalue weighted by molar-refractivity contribution is 7.27. The van der Waals surface area contributed by atoms with Crippen molar-refractivity contribution in [1.29, 1.82) is 0 Å². The van der Waals surface area contributed by atoms with Gasteiger partial charge in [0.1, 0.15) is 0 Å². The van der Waals surface area contributed by atoms with Crippen molar-refractivity contribution in [2.45, 2.75) is 33.1 Å². The molecule has 0 bridgehead atoms. The SMILES string of the molecule is Cc1cc(C)c(C)c(C(Cl)c2cc3sccc3s2)c1C. The van der Waals surface area contributed by atoms with Crippen LogP contribution in [0.2, 0.25) is 0 Å². The lowest BCUT2D eigenvalue weighted by molar-refractivity contribution is 1.07. The summed E-state index contributed by atoms with van der Waals surface area (Å²) in [5.41, 5.74) is 6.59. The van der Waals surface area contributed by atoms with Crippen LogP contribution in [0, 0.1) is 27.7 Å². The normalized spacial score (nSPS) is 13.1. The predicted octanol–water partition coefficient (Wildman–Crippen LogP) is 6.52. The minimum absolute atomic E-state index is 0.0433. The lowest BCUT2D eigenvalue weighted by Gasteiger charge is -2.18. The van der Waals surface area contributed by atoms with Gasteiger partial charge in [-0.1, -0.05) is 6.07 Å². The van der Waals surface area contributed by atoms with Crippen LogP contribution in [0.3, 0.4) is 0 Å². The van der Waals surface area contributed by atoms with Crippen LogP contribution in [-0.4, -0.2) is 0 Å². The molecule has 0 fully saturated rings. The quantitative estimate of drug-likeness (QED) is 0.471. The Kier molecular flexibility index (Phi) is 3.65. The first-order valence-electron chi connectivity index (χ1n) is 6.67. The van der Waals surface area contributed by atoms with Crippen molar-refractivity contribution >= 4 is 43.7 Å². The largest absolute Gasteiger partial charge is 0.143 e. The lowest BCUT2D eigenvalue weighted by Crippen LogP contribution is -2.02. The first-order chi connectivity index (χ1) is 9.49. The van der Waals surface area contributed by atoms with Crippen LogP contribution in [0.1, 0.15) is 38.1 Å². The van der Waals surface area contributed by atoms with Crippen molar-refractivity contribution in [3.63, 3.8) is 0 Å². The first kappa shape index (κ1) is 14.1. The highest BCUT2D eigenvalue weighted by Crippen LogP contribution is 2.42. The van der Waals surface area contributed by atoms with E-state index in [-0.39, 0.29) is 5.38 Å². The Morgan fingerprint density at radius 3 is 2.20 bits per heavy atom. The molecular formula is C17H17ClS2. The van der Waals surface area contributed by atoms with Gasteiger partial charge in [-0.25, -0.2) is 0 Å². The van der Waals surface area contributed by atoms with E-state index >= 15 is 0 Å². The van der Waals surface area contributed by atoms with Gasteiger partial charge in [0.2, 0.25) is 0 Å². The third kappa shape index (κ3) is 2.20. The highest BCUT2D eigenvalue weighted by atomic mass is 35.5. The molecule has 0 radical (unpaired) electrons. The molecule has 1 aromatic carbocycles. The second-order valence-electron chi connectivity index (χ2n) is 5.33. The van der Waals surface area contributed by atoms with Crippen LogP contribution in [0.4, 0.5) is 0 Å². The Morgan fingerprint density at radius 2 is 1.60 bits per heavy atom. The molecule has 1 atom stereocenters. The molecule has 0 amide bonds. The number of fused-ring (bicyclic) bond motifs is 1. The van der Waals surface area contributed by atoms with E-state index in [0.717, 1.165) is 0 Å². The van der Waals surface area contributed by atoms with Crippen molar-refractivity contribution in [1.82, 2.24) is 0 Å². The Morgan fingerprint density at radius 1 is 0.950 bits per heavy atom. The number of halogens is 1. The van der Waals surface area contributed by atoms with E-state index in [1.165, 1.54) is 42.1 Å². The molecular weight excluding hydrogens is 304 g/mol. The molecule has 0 saturated heterocycles. The summed E-state index contributed by atoms with van der Waals surface area (Å²) in [7, 11) is 0. The number of thiophene rings is 2. The average molecular weight is 321 g/mol. The molecule has 0 spiro atoms. The summed E-state index contributed by atoms with van der Waals surface area (Å²) >= 11 is 10.4. The van der Waals surface area contributed by atoms with E-state index in [0.29, 0.717) is 0 Å². The lowest BCUT2D eigenvalue weighted by atomic mass is 9.92. The fourth-order valence-corrected chi connectivity index (χ4v) is 5.31. The molecule has 3 aromatic rings. The van der Waals surface area contributed by atoms with Crippen LogP contribution in [0.25, 0.3) is 9.40 Å². The molecule has 0 nitrogen and oxygen atoms in total. The van der Waals surface area contributed by atoms with Crippen molar-refractivity contribution in [3.05, 3.63) is 56.3 Å². The van der Waals surface area contributed by atoms with Crippen molar-refractivity contribution < 1.29 is 0 Å². The Bertz CT molecular complexity index is 725. The Labute approximate surface area is 133 Å². The van der Waals surface area contributed by atoms with Crippen molar-refractivity contribution in [3.8, 4) is 0 Å². The third-order valence-electron chi connectivity index (χ3n) is 4.09. The molecule has 0 aliphatic rings. The van der Waals surface area contributed by atoms with Crippen LogP contribution in [-0.2, 0) is 0 Å². The van der Waals surface area contributed by atoms with Gasteiger partial charge in [-0.3, -0.25) is 0 Å². The minimum Gasteiger partial charge on any atom is -0.143 e. The fraction of sp³-hybridized carbons (Fsp3) is 0.294. The average Bonchev–Trinajstić information content (AvgIpc) is 2.97. The molecule has 0 aliphatic heterocycles. The summed E-state index contributed by atoms with van der Waals surface area (Å²) < 4.78 is 2.69. The second kappa shape index (κ2) is 5.18. The number of benzene rings is 1. The standard InChI is InChI=1S/C17H17ClS2/c1-9-7-10(2)12(4)16(11(9)3)17(18)15-8-14-13(20-15)5-6-19-14/h5-8,17H,1-4H3. The van der Waals surface area contributed by atoms with Gasteiger partial charge in [0.25, 0.3) is 0 Å². The zero-order valence-corrected chi connectivity index (χ0v) is 14.5. The maximum atomic E-state index is 6.83. The van der Waals surface area contributed by atoms with Gasteiger partial charge in [-0.15, -0.1) is 34.3 Å². The van der Waals surface area contributed by atoms with Crippen molar-refractivity contribution in [2.75, 3.05) is 0 Å². The number of aryl methyl sites for hydroxylation is 2. The zero-order chi connectivity index (χ0) is 14.4. The van der Waals surface area contributed by atoms with Crippen LogP contribution in [0.15, 0.2) is 23.6 Å². The van der Waals surface area contributed by atoms with E-state index in [9.17, 15) is 0 Å². The Balaban J connectivity index is 2.15. The number of alkyl halides is 1. The van der Waals surface area contributed by atoms with Gasteiger partial charge >= 0.3 is 0 Å². The van der Waals surface area contributed by atoms with Gasteiger partial charge < -0.3 is 0 Å². The van der Waals surface area contributed by atoms with E-state index in [1.807, 2.05) is 11.3 Å². The smallest absolute Gasteiger partial charge is 0.0933 e. The summed E-state index contributed by atoms with van der Waals surface area (Å²) in [6, 6.07) is 6.68. The van der Waals surface area contributed by atoms with E-state index in [1.54, 1.807) is 11.3 Å². The molecule has 1 unspecified atom stereocenters. The molecule has 20 heavy (non-hydrogen) atoms. The topological polar surface area (TPSA) is 0 Å². The minimum atomic E-state index is -0.0433. The van der Waals surface area contributed by atoms with E-state index < -0.39 is 0 Å². The first-order valence-corrected chi connectivity index (χ1v) is 8.80. The maximum Gasteiger partial charge on any atom is 0.0933 e. The maximum absolute atomic E-state index is 6.83. The number of hydrogen-bond donors (Lipinski definition) is 0. The number of hydrogen-bond acceptors (Lipinski definition) is 2. The second-order valence-corrected chi connectivity index (χ2v) is 7.83. The third-order valence-corrected chi connectivity index (χ3v) is 6.83. The van der Waals surface area contributed by atoms with E-state index in [4.69, 9.17) is 11.6 Å². The predicted molar refractivity (Wildman–Crippen MR) is 92.8 cm³/mol. The van der Waals surface area contributed by atoms with Gasteiger partial charge in [-0.2, -0.15) is 0 Å². The van der Waals surface area contributed by atoms with Crippen LogP contribution in [0.5, 0.6) is 0 Å². The van der Waals surface area contributed by atoms with Gasteiger partial charge in [0, 0.05) is 14.3 Å². The zero-order valence-electron chi connectivity index (χ0n) is 12.1. The van der Waals surface area contributed by atoms with Crippen LogP contribution >= 0.6 is 34.3 Å². The molecule has 3 rings (SSSR count). The molecule has 0 N–H and O–H groups in total. The molecule has 2 heterocycles. The van der Waals surface area contributed by atoms with Crippen molar-refractivity contribution in [2.24, 2.45) is 0 Å². The summed E-state index contributed by atoms with van der Waals surface area (Å²) in [4.78, 5) is 1.25. The summed E-state index contributed by atoms with van der Waals surface area (Å²) in [6.45, 7) is 8.70. The van der Waals surface area contributed by atoms with Gasteiger partial charge in [-0.05, 0) is 73.0 Å². The molecule has 2 aromatic heterocycles. The number of rotatable bonds is 2. The summed E-state index contributed by atoms with van der Waals surface area (Å²) in [6.07, 6.45) is 0. The Hall–Kier alpha value is -0.830. The monoisotopic (exact) mass is 320 g/mol. The van der Waals surface area contributed by atoms with Gasteiger partial charge in [0.15, 0.2) is 0 Å². The van der Waals surface area contributed by atoms with Gasteiger partial charge in [0.05, 0.1) is 5.38 Å². The molecule has 0 aliphatic carbocycles. The highest BCUT2D eigenvalue weighted by Gasteiger charge is 2.20. The summed E-state index contributed by atoms with van der Waals surface area (Å²) in [5, 5.41) is 2.10.